The Labute approximate surface area is 57.2 Å². The first-order chi connectivity index (χ1) is 4.34. The molecule has 0 saturated heterocycles. The molecule has 0 saturated carbocycles. The highest BCUT2D eigenvalue weighted by Crippen LogP contribution is 2.14. The van der Waals surface area contributed by atoms with Crippen LogP contribution in [-0.2, 0) is 0 Å². The van der Waals surface area contributed by atoms with Gasteiger partial charge in [0, 0.05) is 12.3 Å². The molecule has 1 heteroatoms. The quantitative estimate of drug-likeness (QED) is 0.537. The summed E-state index contributed by atoms with van der Waals surface area (Å²) >= 11 is 0. The van der Waals surface area contributed by atoms with Crippen molar-refractivity contribution in [3.8, 4) is 0 Å². The number of rotatable bonds is 2. The summed E-state index contributed by atoms with van der Waals surface area (Å²) in [6.07, 6.45) is 3.80. The van der Waals surface area contributed by atoms with E-state index in [1.165, 1.54) is 25.0 Å². The number of aliphatic imine (C=N–C) groups is 1. The average molecular weight is 125 g/mol. The number of nitrogens with zero attached hydrogens (tertiary/aromatic N) is 1. The van der Waals surface area contributed by atoms with E-state index in [1.807, 2.05) is 0 Å². The van der Waals surface area contributed by atoms with E-state index in [4.69, 9.17) is 0 Å². The maximum absolute atomic E-state index is 4.42. The Bertz CT molecular complexity index is 116. The Hall–Kier alpha value is -0.330. The third-order valence-corrected chi connectivity index (χ3v) is 2.09. The van der Waals surface area contributed by atoms with Crippen LogP contribution < -0.4 is 0 Å². The second-order valence-corrected chi connectivity index (χ2v) is 2.79. The van der Waals surface area contributed by atoms with Crippen molar-refractivity contribution >= 4 is 5.71 Å². The molecule has 0 bridgehead atoms. The van der Waals surface area contributed by atoms with E-state index in [0.29, 0.717) is 0 Å². The largest absolute Gasteiger partial charge is 0.294 e. The maximum atomic E-state index is 4.42. The molecule has 52 valence electrons. The van der Waals surface area contributed by atoms with Gasteiger partial charge in [0.05, 0.1) is 0 Å². The van der Waals surface area contributed by atoms with Gasteiger partial charge in [-0.25, -0.2) is 0 Å². The summed E-state index contributed by atoms with van der Waals surface area (Å²) in [4.78, 5) is 4.42. The fraction of sp³-hybridized carbons (Fsp3) is 0.875. The molecular weight excluding hydrogens is 110 g/mol. The van der Waals surface area contributed by atoms with Crippen molar-refractivity contribution in [1.29, 1.82) is 0 Å². The minimum absolute atomic E-state index is 0.743. The predicted molar refractivity (Wildman–Crippen MR) is 41.0 cm³/mol. The molecule has 0 fully saturated rings. The van der Waals surface area contributed by atoms with E-state index in [1.54, 1.807) is 0 Å². The van der Waals surface area contributed by atoms with Gasteiger partial charge in [0.2, 0.25) is 0 Å². The van der Waals surface area contributed by atoms with Gasteiger partial charge >= 0.3 is 0 Å². The SMILES string of the molecule is CCC(C)C1=NCCC1. The lowest BCUT2D eigenvalue weighted by Gasteiger charge is -2.05. The molecule has 0 spiro atoms. The van der Waals surface area contributed by atoms with Crippen LogP contribution in [-0.4, -0.2) is 12.3 Å². The van der Waals surface area contributed by atoms with Crippen LogP contribution in [0.3, 0.4) is 0 Å². The first-order valence-electron chi connectivity index (χ1n) is 3.87. The molecule has 9 heavy (non-hydrogen) atoms. The minimum atomic E-state index is 0.743. The minimum Gasteiger partial charge on any atom is -0.294 e. The molecule has 1 rings (SSSR count). The molecule has 0 radical (unpaired) electrons. The predicted octanol–water partition coefficient (Wildman–Crippen LogP) is 2.27. The van der Waals surface area contributed by atoms with E-state index in [-0.39, 0.29) is 0 Å². The highest BCUT2D eigenvalue weighted by Gasteiger charge is 2.11. The van der Waals surface area contributed by atoms with Gasteiger partial charge in [0.15, 0.2) is 0 Å². The molecule has 1 heterocycles. The van der Waals surface area contributed by atoms with E-state index >= 15 is 0 Å². The highest BCUT2D eigenvalue weighted by molar-refractivity contribution is 5.87. The summed E-state index contributed by atoms with van der Waals surface area (Å²) in [7, 11) is 0. The Kier molecular flexibility index (Phi) is 2.26. The van der Waals surface area contributed by atoms with Crippen LogP contribution in [0.4, 0.5) is 0 Å². The molecule has 1 nitrogen and oxygen atoms in total. The van der Waals surface area contributed by atoms with E-state index in [9.17, 15) is 0 Å². The van der Waals surface area contributed by atoms with Gasteiger partial charge in [-0.3, -0.25) is 4.99 Å². The molecule has 0 N–H and O–H groups in total. The van der Waals surface area contributed by atoms with E-state index in [2.05, 4.69) is 18.8 Å². The summed E-state index contributed by atoms with van der Waals surface area (Å²) in [6.45, 7) is 5.58. The average Bonchev–Trinajstić information content (AvgIpc) is 2.37. The van der Waals surface area contributed by atoms with Crippen molar-refractivity contribution in [1.82, 2.24) is 0 Å². The fourth-order valence-electron chi connectivity index (χ4n) is 1.20. The van der Waals surface area contributed by atoms with Gasteiger partial charge in [-0.05, 0) is 25.2 Å². The standard InChI is InChI=1S/C8H15N/c1-3-7(2)8-5-4-6-9-8/h7H,3-6H2,1-2H3. The van der Waals surface area contributed by atoms with Crippen molar-refractivity contribution in [3.05, 3.63) is 0 Å². The number of hydrogen-bond donors (Lipinski definition) is 0. The van der Waals surface area contributed by atoms with Crippen LogP contribution in [0.25, 0.3) is 0 Å². The smallest absolute Gasteiger partial charge is 0.0392 e. The van der Waals surface area contributed by atoms with Crippen LogP contribution in [0.5, 0.6) is 0 Å². The Morgan fingerprint density at radius 3 is 2.89 bits per heavy atom. The van der Waals surface area contributed by atoms with E-state index < -0.39 is 0 Å². The molecule has 0 aromatic heterocycles. The van der Waals surface area contributed by atoms with Gasteiger partial charge in [-0.15, -0.1) is 0 Å². The van der Waals surface area contributed by atoms with Gasteiger partial charge in [-0.2, -0.15) is 0 Å². The van der Waals surface area contributed by atoms with Gasteiger partial charge in [0.25, 0.3) is 0 Å². The number of hydrogen-bond acceptors (Lipinski definition) is 1. The van der Waals surface area contributed by atoms with Crippen LogP contribution in [0.1, 0.15) is 33.1 Å². The fourth-order valence-corrected chi connectivity index (χ4v) is 1.20. The Morgan fingerprint density at radius 2 is 2.44 bits per heavy atom. The van der Waals surface area contributed by atoms with Crippen molar-refractivity contribution < 1.29 is 0 Å². The molecule has 1 atom stereocenters. The second-order valence-electron chi connectivity index (χ2n) is 2.79. The van der Waals surface area contributed by atoms with Crippen molar-refractivity contribution in [3.63, 3.8) is 0 Å². The molecule has 0 aromatic carbocycles. The van der Waals surface area contributed by atoms with Crippen LogP contribution in [0, 0.1) is 5.92 Å². The van der Waals surface area contributed by atoms with Gasteiger partial charge < -0.3 is 0 Å². The molecule has 1 aliphatic heterocycles. The van der Waals surface area contributed by atoms with Crippen molar-refractivity contribution in [2.75, 3.05) is 6.54 Å². The molecule has 0 aliphatic carbocycles. The summed E-state index contributed by atoms with van der Waals surface area (Å²) < 4.78 is 0. The topological polar surface area (TPSA) is 12.4 Å². The van der Waals surface area contributed by atoms with Gasteiger partial charge in [0.1, 0.15) is 0 Å². The van der Waals surface area contributed by atoms with Crippen LogP contribution >= 0.6 is 0 Å². The first kappa shape index (κ1) is 6.79. The summed E-state index contributed by atoms with van der Waals surface area (Å²) in [5, 5.41) is 0. The van der Waals surface area contributed by atoms with Crippen molar-refractivity contribution in [2.45, 2.75) is 33.1 Å². The molecule has 1 unspecified atom stereocenters. The zero-order valence-electron chi connectivity index (χ0n) is 6.35. The Morgan fingerprint density at radius 1 is 1.67 bits per heavy atom. The highest BCUT2D eigenvalue weighted by atomic mass is 14.8. The molecular formula is C8H15N. The summed E-state index contributed by atoms with van der Waals surface area (Å²) in [6, 6.07) is 0. The lowest BCUT2D eigenvalue weighted by molar-refractivity contribution is 0.729. The normalized spacial score (nSPS) is 21.8. The molecule has 0 aromatic rings. The van der Waals surface area contributed by atoms with Crippen LogP contribution in [0.15, 0.2) is 4.99 Å². The van der Waals surface area contributed by atoms with Crippen molar-refractivity contribution in [2.24, 2.45) is 10.9 Å². The zero-order chi connectivity index (χ0) is 6.69. The van der Waals surface area contributed by atoms with Crippen LogP contribution in [0.2, 0.25) is 0 Å². The summed E-state index contributed by atoms with van der Waals surface area (Å²) in [5.74, 6) is 0.743. The lowest BCUT2D eigenvalue weighted by Crippen LogP contribution is -2.05. The lowest BCUT2D eigenvalue weighted by atomic mass is 10.0. The third kappa shape index (κ3) is 1.54. The third-order valence-electron chi connectivity index (χ3n) is 2.09. The zero-order valence-corrected chi connectivity index (χ0v) is 6.35. The maximum Gasteiger partial charge on any atom is 0.0392 e. The second kappa shape index (κ2) is 3.00. The monoisotopic (exact) mass is 125 g/mol. The summed E-state index contributed by atoms with van der Waals surface area (Å²) in [5.41, 5.74) is 1.46. The molecule has 1 aliphatic rings. The van der Waals surface area contributed by atoms with Gasteiger partial charge in [-0.1, -0.05) is 13.8 Å². The Balaban J connectivity index is 2.40. The van der Waals surface area contributed by atoms with E-state index in [0.717, 1.165) is 12.5 Å². The molecule has 0 amide bonds. The first-order valence-corrected chi connectivity index (χ1v) is 3.87.